The lowest BCUT2D eigenvalue weighted by molar-refractivity contribution is -0.147. The fraction of sp³-hybridized carbons (Fsp3) is 0.250. The minimum atomic E-state index is -0.923. The van der Waals surface area contributed by atoms with Gasteiger partial charge in [-0.25, -0.2) is 4.79 Å². The lowest BCUT2D eigenvalue weighted by Gasteiger charge is -2.42. The number of nitrogens with zero attached hydrogens (tertiary/aromatic N) is 1. The topological polar surface area (TPSA) is 29.5 Å². The molecule has 0 aliphatic carbocycles. The Bertz CT molecular complexity index is 639. The fourth-order valence-corrected chi connectivity index (χ4v) is 3.07. The molecule has 0 saturated carbocycles. The quantitative estimate of drug-likeness (QED) is 0.568. The normalized spacial score (nSPS) is 13.0. The molecule has 0 bridgehead atoms. The first-order chi connectivity index (χ1) is 11.2. The van der Waals surface area contributed by atoms with Gasteiger partial charge in [0.25, 0.3) is 0 Å². The summed E-state index contributed by atoms with van der Waals surface area (Å²) in [5.74, 6) is -0.283. The van der Waals surface area contributed by atoms with Crippen molar-refractivity contribution in [2.45, 2.75) is 18.9 Å². The summed E-state index contributed by atoms with van der Waals surface area (Å²) in [6.45, 7) is 6.57. The Kier molecular flexibility index (Phi) is 5.58. The van der Waals surface area contributed by atoms with Crippen LogP contribution in [0.3, 0.4) is 0 Å². The highest BCUT2D eigenvalue weighted by atomic mass is 16.5. The molecule has 2 aromatic carbocycles. The first-order valence-corrected chi connectivity index (χ1v) is 7.78. The van der Waals surface area contributed by atoms with Gasteiger partial charge in [-0.2, -0.15) is 0 Å². The Hall–Kier alpha value is -2.55. The summed E-state index contributed by atoms with van der Waals surface area (Å²) in [4.78, 5) is 15.0. The van der Waals surface area contributed by atoms with Crippen LogP contribution in [0.2, 0.25) is 0 Å². The lowest BCUT2D eigenvalue weighted by Crippen LogP contribution is -2.52. The van der Waals surface area contributed by atoms with Crippen LogP contribution in [0.15, 0.2) is 73.3 Å². The first kappa shape index (κ1) is 16.8. The maximum atomic E-state index is 12.9. The smallest absolute Gasteiger partial charge is 0.336 e. The predicted octanol–water partition coefficient (Wildman–Crippen LogP) is 4.16. The van der Waals surface area contributed by atoms with Gasteiger partial charge in [0.2, 0.25) is 0 Å². The van der Waals surface area contributed by atoms with E-state index in [0.717, 1.165) is 11.3 Å². The van der Waals surface area contributed by atoms with Crippen molar-refractivity contribution >= 4 is 11.7 Å². The number of esters is 1. The second kappa shape index (κ2) is 7.63. The zero-order valence-electron chi connectivity index (χ0n) is 13.7. The third-order valence-corrected chi connectivity index (χ3v) is 4.06. The number of para-hydroxylation sites is 1. The molecule has 3 nitrogen and oxygen atoms in total. The number of benzene rings is 2. The molecular weight excluding hydrogens is 286 g/mol. The minimum absolute atomic E-state index is 0.283. The van der Waals surface area contributed by atoms with Crippen molar-refractivity contribution in [1.29, 1.82) is 0 Å². The second-order valence-corrected chi connectivity index (χ2v) is 5.29. The number of carbonyl (C=O) groups is 1. The zero-order chi connectivity index (χ0) is 16.7. The molecule has 2 rings (SSSR count). The van der Waals surface area contributed by atoms with Gasteiger partial charge in [0.05, 0.1) is 7.11 Å². The van der Waals surface area contributed by atoms with E-state index in [2.05, 4.69) is 11.5 Å². The molecule has 0 radical (unpaired) electrons. The molecule has 120 valence electrons. The van der Waals surface area contributed by atoms with Gasteiger partial charge in [-0.3, -0.25) is 0 Å². The van der Waals surface area contributed by atoms with Crippen molar-refractivity contribution in [1.82, 2.24) is 0 Å². The molecular formula is C20H23NO2. The Labute approximate surface area is 138 Å². The number of carbonyl (C=O) groups excluding carboxylic acids is 1. The molecule has 0 fully saturated rings. The Balaban J connectivity index is 2.68. The highest BCUT2D eigenvalue weighted by molar-refractivity contribution is 5.87. The van der Waals surface area contributed by atoms with E-state index in [0.29, 0.717) is 13.0 Å². The Morgan fingerprint density at radius 2 is 1.70 bits per heavy atom. The van der Waals surface area contributed by atoms with Crippen molar-refractivity contribution < 1.29 is 9.53 Å². The molecule has 0 N–H and O–H groups in total. The highest BCUT2D eigenvalue weighted by Gasteiger charge is 2.45. The van der Waals surface area contributed by atoms with Crippen LogP contribution in [0.4, 0.5) is 5.69 Å². The average Bonchev–Trinajstić information content (AvgIpc) is 2.62. The molecule has 1 unspecified atom stereocenters. The van der Waals surface area contributed by atoms with E-state index >= 15 is 0 Å². The first-order valence-electron chi connectivity index (χ1n) is 7.78. The van der Waals surface area contributed by atoms with Gasteiger partial charge in [-0.1, -0.05) is 54.6 Å². The molecule has 2 aromatic rings. The number of likely N-dealkylation sites (N-methyl/N-ethyl adjacent to an activating group) is 1. The standard InChI is InChI=1S/C20H23NO2/c1-4-16-20(19(22)23-3,17-12-8-6-9-13-17)21(5-2)18-14-10-7-11-15-18/h4,6-15H,1,5,16H2,2-3H3. The molecule has 0 amide bonds. The molecule has 3 heteroatoms. The number of rotatable bonds is 7. The molecule has 0 aliphatic heterocycles. The van der Waals surface area contributed by atoms with Crippen LogP contribution in [0.5, 0.6) is 0 Å². The third-order valence-electron chi connectivity index (χ3n) is 4.06. The fourth-order valence-electron chi connectivity index (χ4n) is 3.07. The van der Waals surface area contributed by atoms with Crippen LogP contribution in [0.25, 0.3) is 0 Å². The van der Waals surface area contributed by atoms with Gasteiger partial charge in [0.15, 0.2) is 5.54 Å². The van der Waals surface area contributed by atoms with Crippen molar-refractivity contribution in [2.24, 2.45) is 0 Å². The summed E-state index contributed by atoms with van der Waals surface area (Å²) in [5, 5.41) is 0. The molecule has 0 heterocycles. The van der Waals surface area contributed by atoms with E-state index in [1.54, 1.807) is 6.08 Å². The molecule has 0 spiro atoms. The highest BCUT2D eigenvalue weighted by Crippen LogP contribution is 2.37. The summed E-state index contributed by atoms with van der Waals surface area (Å²) < 4.78 is 5.20. The van der Waals surface area contributed by atoms with Crippen LogP contribution < -0.4 is 4.90 Å². The molecule has 0 aromatic heterocycles. The van der Waals surface area contributed by atoms with E-state index in [9.17, 15) is 4.79 Å². The van der Waals surface area contributed by atoms with Crippen LogP contribution in [0.1, 0.15) is 18.9 Å². The summed E-state index contributed by atoms with van der Waals surface area (Å²) in [7, 11) is 1.43. The number of anilines is 1. The van der Waals surface area contributed by atoms with E-state index in [1.807, 2.05) is 67.6 Å². The van der Waals surface area contributed by atoms with E-state index < -0.39 is 5.54 Å². The third kappa shape index (κ3) is 3.14. The number of ether oxygens (including phenoxy) is 1. The van der Waals surface area contributed by atoms with Crippen molar-refractivity contribution in [3.05, 3.63) is 78.9 Å². The lowest BCUT2D eigenvalue weighted by atomic mass is 9.84. The van der Waals surface area contributed by atoms with E-state index in [-0.39, 0.29) is 5.97 Å². The summed E-state index contributed by atoms with van der Waals surface area (Å²) in [6, 6.07) is 19.7. The van der Waals surface area contributed by atoms with Gasteiger partial charge in [0.1, 0.15) is 0 Å². The minimum Gasteiger partial charge on any atom is -0.467 e. The molecule has 1 atom stereocenters. The Morgan fingerprint density at radius 1 is 1.13 bits per heavy atom. The van der Waals surface area contributed by atoms with Crippen LogP contribution in [0, 0.1) is 0 Å². The zero-order valence-corrected chi connectivity index (χ0v) is 13.7. The van der Waals surface area contributed by atoms with Crippen molar-refractivity contribution in [2.75, 3.05) is 18.6 Å². The summed E-state index contributed by atoms with van der Waals surface area (Å²) in [5.41, 5.74) is 0.956. The maximum absolute atomic E-state index is 12.9. The number of methoxy groups -OCH3 is 1. The van der Waals surface area contributed by atoms with Crippen LogP contribution >= 0.6 is 0 Å². The van der Waals surface area contributed by atoms with Crippen molar-refractivity contribution in [3.8, 4) is 0 Å². The average molecular weight is 309 g/mol. The van der Waals surface area contributed by atoms with Crippen LogP contribution in [-0.4, -0.2) is 19.6 Å². The van der Waals surface area contributed by atoms with Gasteiger partial charge in [-0.05, 0) is 24.6 Å². The molecule has 0 aliphatic rings. The van der Waals surface area contributed by atoms with Crippen molar-refractivity contribution in [3.63, 3.8) is 0 Å². The second-order valence-electron chi connectivity index (χ2n) is 5.29. The van der Waals surface area contributed by atoms with Crippen LogP contribution in [-0.2, 0) is 15.1 Å². The number of hydrogen-bond donors (Lipinski definition) is 0. The monoisotopic (exact) mass is 309 g/mol. The van der Waals surface area contributed by atoms with Gasteiger partial charge < -0.3 is 9.64 Å². The largest absolute Gasteiger partial charge is 0.467 e. The summed E-state index contributed by atoms with van der Waals surface area (Å²) in [6.07, 6.45) is 2.24. The van der Waals surface area contributed by atoms with E-state index in [4.69, 9.17) is 4.74 Å². The van der Waals surface area contributed by atoms with Gasteiger partial charge in [-0.15, -0.1) is 6.58 Å². The van der Waals surface area contributed by atoms with Gasteiger partial charge in [0, 0.05) is 18.7 Å². The molecule has 23 heavy (non-hydrogen) atoms. The summed E-state index contributed by atoms with van der Waals surface area (Å²) >= 11 is 0. The Morgan fingerprint density at radius 3 is 2.17 bits per heavy atom. The SMILES string of the molecule is C=CCC(C(=O)OC)(c1ccccc1)N(CC)c1ccccc1. The van der Waals surface area contributed by atoms with E-state index in [1.165, 1.54) is 7.11 Å². The van der Waals surface area contributed by atoms with Gasteiger partial charge >= 0.3 is 5.97 Å². The maximum Gasteiger partial charge on any atom is 0.336 e. The molecule has 0 saturated heterocycles. The predicted molar refractivity (Wildman–Crippen MR) is 94.4 cm³/mol. The number of hydrogen-bond acceptors (Lipinski definition) is 3.